The van der Waals surface area contributed by atoms with Gasteiger partial charge >= 0.3 is 0 Å². The fourth-order valence-electron chi connectivity index (χ4n) is 3.74. The van der Waals surface area contributed by atoms with E-state index in [1.54, 1.807) is 14.1 Å². The molecule has 0 spiro atoms. The zero-order valence-electron chi connectivity index (χ0n) is 16.1. The summed E-state index contributed by atoms with van der Waals surface area (Å²) >= 11 is 0. The number of hydrogen-bond donors (Lipinski definition) is 0. The third-order valence-electron chi connectivity index (χ3n) is 5.33. The van der Waals surface area contributed by atoms with Crippen molar-refractivity contribution in [2.45, 2.75) is 64.8 Å². The Balaban J connectivity index is 2.12. The minimum absolute atomic E-state index is 0.0399. The molecule has 1 fully saturated rings. The van der Waals surface area contributed by atoms with Crippen LogP contribution in [0.4, 0.5) is 0 Å². The second-order valence-corrected chi connectivity index (χ2v) is 7.46. The fourth-order valence-corrected chi connectivity index (χ4v) is 3.74. The van der Waals surface area contributed by atoms with E-state index in [0.29, 0.717) is 11.7 Å². The van der Waals surface area contributed by atoms with Crippen LogP contribution >= 0.6 is 0 Å². The van der Waals surface area contributed by atoms with Crippen LogP contribution in [-0.4, -0.2) is 36.1 Å². The molecule has 1 heterocycles. The van der Waals surface area contributed by atoms with E-state index in [0.717, 1.165) is 5.69 Å². The largest absolute Gasteiger partial charge is 0.484 e. The summed E-state index contributed by atoms with van der Waals surface area (Å²) in [5.41, 5.74) is 0.858. The highest BCUT2D eigenvalue weighted by molar-refractivity contribution is 5.77. The normalized spacial score (nSPS) is 17.4. The van der Waals surface area contributed by atoms with Crippen molar-refractivity contribution in [2.75, 3.05) is 20.7 Å². The van der Waals surface area contributed by atoms with Crippen molar-refractivity contribution >= 4 is 5.91 Å². The minimum atomic E-state index is -0.121. The zero-order valence-corrected chi connectivity index (χ0v) is 16.1. The molecule has 5 heteroatoms. The number of amides is 1. The molecule has 1 aromatic heterocycles. The maximum absolute atomic E-state index is 12.7. The summed E-state index contributed by atoms with van der Waals surface area (Å²) in [5.74, 6) is 0.905. The first-order valence-corrected chi connectivity index (χ1v) is 9.46. The number of aryl methyl sites for hydroxylation is 1. The van der Waals surface area contributed by atoms with Gasteiger partial charge in [0, 0.05) is 31.9 Å². The van der Waals surface area contributed by atoms with E-state index in [2.05, 4.69) is 6.92 Å². The highest BCUT2D eigenvalue weighted by Crippen LogP contribution is 2.31. The van der Waals surface area contributed by atoms with Gasteiger partial charge in [0.25, 0.3) is 11.5 Å². The maximum atomic E-state index is 12.7. The van der Waals surface area contributed by atoms with Gasteiger partial charge in [-0.2, -0.15) is 0 Å². The summed E-state index contributed by atoms with van der Waals surface area (Å²) < 4.78 is 7.40. The molecule has 1 unspecified atom stereocenters. The van der Waals surface area contributed by atoms with Crippen molar-refractivity contribution < 1.29 is 9.53 Å². The van der Waals surface area contributed by atoms with Crippen molar-refractivity contribution in [1.29, 1.82) is 0 Å². The third kappa shape index (κ3) is 5.35. The lowest BCUT2D eigenvalue weighted by atomic mass is 9.86. The molecule has 0 saturated heterocycles. The number of rotatable bonds is 5. The van der Waals surface area contributed by atoms with Gasteiger partial charge in [0.2, 0.25) is 0 Å². The standard InChI is InChI=1S/C20H32N2O3/c1-15-12-18(25-14-20(24)21(3)4)13-19(23)22(15)16(2)17-10-8-6-5-7-9-11-17/h12-13,16-17H,5-11,14H2,1-4H3. The molecule has 25 heavy (non-hydrogen) atoms. The summed E-state index contributed by atoms with van der Waals surface area (Å²) in [7, 11) is 3.37. The van der Waals surface area contributed by atoms with Gasteiger partial charge in [-0.3, -0.25) is 9.59 Å². The van der Waals surface area contributed by atoms with Gasteiger partial charge < -0.3 is 14.2 Å². The van der Waals surface area contributed by atoms with Gasteiger partial charge in [-0.25, -0.2) is 0 Å². The lowest BCUT2D eigenvalue weighted by molar-refractivity contribution is -0.130. The number of pyridine rings is 1. The Hall–Kier alpha value is -1.78. The number of nitrogens with zero attached hydrogens (tertiary/aromatic N) is 2. The third-order valence-corrected chi connectivity index (χ3v) is 5.33. The van der Waals surface area contributed by atoms with Gasteiger partial charge in [-0.15, -0.1) is 0 Å². The quantitative estimate of drug-likeness (QED) is 0.818. The number of aromatic nitrogens is 1. The fraction of sp³-hybridized carbons (Fsp3) is 0.700. The minimum Gasteiger partial charge on any atom is -0.484 e. The van der Waals surface area contributed by atoms with Gasteiger partial charge in [0.05, 0.1) is 0 Å². The molecular weight excluding hydrogens is 316 g/mol. The highest BCUT2D eigenvalue weighted by atomic mass is 16.5. The molecule has 1 atom stereocenters. The summed E-state index contributed by atoms with van der Waals surface area (Å²) in [4.78, 5) is 25.8. The Morgan fingerprint density at radius 1 is 1.20 bits per heavy atom. The Kier molecular flexibility index (Phi) is 7.09. The van der Waals surface area contributed by atoms with Crippen LogP contribution in [-0.2, 0) is 4.79 Å². The average Bonchev–Trinajstić information content (AvgIpc) is 2.51. The van der Waals surface area contributed by atoms with E-state index in [1.165, 1.54) is 55.9 Å². The molecule has 2 rings (SSSR count). The molecule has 1 amide bonds. The van der Waals surface area contributed by atoms with Gasteiger partial charge in [-0.1, -0.05) is 32.1 Å². The molecule has 0 aromatic carbocycles. The Morgan fingerprint density at radius 2 is 1.80 bits per heavy atom. The number of carbonyl (C=O) groups is 1. The van der Waals surface area contributed by atoms with Gasteiger partial charge in [-0.05, 0) is 38.7 Å². The summed E-state index contributed by atoms with van der Waals surface area (Å²) in [6.07, 6.45) is 8.88. The second-order valence-electron chi connectivity index (χ2n) is 7.46. The van der Waals surface area contributed by atoms with Crippen LogP contribution in [0.5, 0.6) is 5.75 Å². The predicted molar refractivity (Wildman–Crippen MR) is 100 cm³/mol. The molecule has 0 N–H and O–H groups in total. The molecule has 5 nitrogen and oxygen atoms in total. The monoisotopic (exact) mass is 348 g/mol. The first-order valence-electron chi connectivity index (χ1n) is 9.46. The van der Waals surface area contributed by atoms with Gasteiger partial charge in [0.1, 0.15) is 5.75 Å². The average molecular weight is 348 g/mol. The van der Waals surface area contributed by atoms with Crippen LogP contribution in [0.1, 0.15) is 63.6 Å². The van der Waals surface area contributed by atoms with E-state index in [-0.39, 0.29) is 24.1 Å². The molecule has 1 aliphatic rings. The molecule has 0 bridgehead atoms. The first-order chi connectivity index (χ1) is 11.9. The lowest BCUT2D eigenvalue weighted by Gasteiger charge is -2.29. The number of hydrogen-bond acceptors (Lipinski definition) is 3. The molecule has 1 aliphatic carbocycles. The van der Waals surface area contributed by atoms with Crippen LogP contribution in [0.25, 0.3) is 0 Å². The smallest absolute Gasteiger partial charge is 0.259 e. The first kappa shape index (κ1) is 19.5. The molecule has 1 aromatic rings. The van der Waals surface area contributed by atoms with Crippen LogP contribution < -0.4 is 10.3 Å². The SMILES string of the molecule is Cc1cc(OCC(=O)N(C)C)cc(=O)n1C(C)C1CCCCCCC1. The number of likely N-dealkylation sites (N-methyl/N-ethyl adjacent to an activating group) is 1. The van der Waals surface area contributed by atoms with Crippen molar-refractivity contribution in [3.63, 3.8) is 0 Å². The predicted octanol–water partition coefficient (Wildman–Crippen LogP) is 3.55. The highest BCUT2D eigenvalue weighted by Gasteiger charge is 2.22. The lowest BCUT2D eigenvalue weighted by Crippen LogP contribution is -2.31. The number of carbonyl (C=O) groups excluding carboxylic acids is 1. The van der Waals surface area contributed by atoms with E-state index in [4.69, 9.17) is 4.74 Å². The topological polar surface area (TPSA) is 51.5 Å². The van der Waals surface area contributed by atoms with Crippen LogP contribution in [0.15, 0.2) is 16.9 Å². The van der Waals surface area contributed by atoms with Crippen LogP contribution in [0.3, 0.4) is 0 Å². The van der Waals surface area contributed by atoms with Crippen molar-refractivity contribution in [1.82, 2.24) is 9.47 Å². The second kappa shape index (κ2) is 9.07. The Labute approximate surface area is 151 Å². The van der Waals surface area contributed by atoms with Gasteiger partial charge in [0.15, 0.2) is 6.61 Å². The van der Waals surface area contributed by atoms with Crippen LogP contribution in [0.2, 0.25) is 0 Å². The summed E-state index contributed by atoms with van der Waals surface area (Å²) in [6, 6.07) is 3.57. The summed E-state index contributed by atoms with van der Waals surface area (Å²) in [5, 5.41) is 0. The van der Waals surface area contributed by atoms with Crippen molar-refractivity contribution in [2.24, 2.45) is 5.92 Å². The molecule has 140 valence electrons. The van der Waals surface area contributed by atoms with E-state index in [9.17, 15) is 9.59 Å². The van der Waals surface area contributed by atoms with Crippen molar-refractivity contribution in [3.8, 4) is 5.75 Å². The zero-order chi connectivity index (χ0) is 18.4. The van der Waals surface area contributed by atoms with Crippen LogP contribution in [0, 0.1) is 12.8 Å². The number of ether oxygens (including phenoxy) is 1. The van der Waals surface area contributed by atoms with E-state index < -0.39 is 0 Å². The molecule has 0 aliphatic heterocycles. The van der Waals surface area contributed by atoms with E-state index in [1.807, 2.05) is 17.6 Å². The maximum Gasteiger partial charge on any atom is 0.259 e. The van der Waals surface area contributed by atoms with E-state index >= 15 is 0 Å². The molecule has 1 saturated carbocycles. The molecular formula is C20H32N2O3. The molecule has 0 radical (unpaired) electrons. The Morgan fingerprint density at radius 3 is 2.36 bits per heavy atom. The summed E-state index contributed by atoms with van der Waals surface area (Å²) in [6.45, 7) is 4.06. The Bertz CT molecular complexity index is 628. The van der Waals surface area contributed by atoms with Crippen molar-refractivity contribution in [3.05, 3.63) is 28.2 Å².